The molecule has 0 spiro atoms. The van der Waals surface area contributed by atoms with Gasteiger partial charge in [0.2, 0.25) is 0 Å². The van der Waals surface area contributed by atoms with Crippen molar-refractivity contribution in [2.45, 2.75) is 19.9 Å². The van der Waals surface area contributed by atoms with Gasteiger partial charge in [-0.1, -0.05) is 72.3 Å². The van der Waals surface area contributed by atoms with Gasteiger partial charge in [0.25, 0.3) is 8.32 Å². The first kappa shape index (κ1) is 13.8. The zero-order chi connectivity index (χ0) is 13.7. The van der Waals surface area contributed by atoms with Crippen LogP contribution in [0, 0.1) is 0 Å². The lowest BCUT2D eigenvalue weighted by Crippen LogP contribution is -2.58. The van der Waals surface area contributed by atoms with E-state index in [4.69, 9.17) is 0 Å². The molecule has 2 aromatic carbocycles. The highest BCUT2D eigenvalue weighted by atomic mass is 28.4. The molecule has 2 heteroatoms. The van der Waals surface area contributed by atoms with Crippen molar-refractivity contribution in [2.75, 3.05) is 0 Å². The van der Waals surface area contributed by atoms with Crippen LogP contribution < -0.4 is 10.4 Å². The van der Waals surface area contributed by atoms with Crippen LogP contribution in [0.15, 0.2) is 72.3 Å². The quantitative estimate of drug-likeness (QED) is 0.668. The van der Waals surface area contributed by atoms with Crippen LogP contribution in [-0.2, 0) is 0 Å². The van der Waals surface area contributed by atoms with Gasteiger partial charge >= 0.3 is 0 Å². The zero-order valence-corrected chi connectivity index (χ0v) is 12.5. The Balaban J connectivity index is 2.47. The summed E-state index contributed by atoms with van der Waals surface area (Å²) < 4.78 is 0. The van der Waals surface area contributed by atoms with Gasteiger partial charge in [0, 0.05) is 0 Å². The molecule has 98 valence electrons. The molecule has 0 saturated carbocycles. The Morgan fingerprint density at radius 2 is 1.32 bits per heavy atom. The van der Waals surface area contributed by atoms with Gasteiger partial charge in [-0.15, -0.1) is 0 Å². The lowest BCUT2D eigenvalue weighted by atomic mass is 10.3. The topological polar surface area (TPSA) is 20.2 Å². The van der Waals surface area contributed by atoms with Gasteiger partial charge in [-0.2, -0.15) is 0 Å². The molecule has 19 heavy (non-hydrogen) atoms. The van der Waals surface area contributed by atoms with Gasteiger partial charge in [0.1, 0.15) is 0 Å². The summed E-state index contributed by atoms with van der Waals surface area (Å²) in [6, 6.07) is 20.9. The van der Waals surface area contributed by atoms with Crippen molar-refractivity contribution in [3.05, 3.63) is 72.3 Å². The highest BCUT2D eigenvalue weighted by Gasteiger charge is 2.34. The highest BCUT2D eigenvalue weighted by molar-refractivity contribution is 6.96. The maximum Gasteiger partial charge on any atom is 0.256 e. The Labute approximate surface area is 116 Å². The van der Waals surface area contributed by atoms with E-state index < -0.39 is 8.32 Å². The lowest BCUT2D eigenvalue weighted by Gasteiger charge is -2.25. The molecule has 0 saturated heterocycles. The molecule has 0 aliphatic rings. The van der Waals surface area contributed by atoms with Crippen LogP contribution in [0.3, 0.4) is 0 Å². The monoisotopic (exact) mass is 268 g/mol. The predicted octanol–water partition coefficient (Wildman–Crippen LogP) is 2.70. The smallest absolute Gasteiger partial charge is 0.256 e. The van der Waals surface area contributed by atoms with E-state index in [0.29, 0.717) is 0 Å². The SMILES string of the molecule is CC(C)=CC[Si](O)(c1ccccc1)c1ccccc1. The Morgan fingerprint density at radius 1 is 0.895 bits per heavy atom. The number of benzene rings is 2. The van der Waals surface area contributed by atoms with Crippen LogP contribution >= 0.6 is 0 Å². The van der Waals surface area contributed by atoms with Gasteiger partial charge in [0.15, 0.2) is 0 Å². The minimum absolute atomic E-state index is 0.726. The summed E-state index contributed by atoms with van der Waals surface area (Å²) in [7, 11) is -2.64. The van der Waals surface area contributed by atoms with E-state index in [2.05, 4.69) is 19.9 Å². The van der Waals surface area contributed by atoms with E-state index in [1.807, 2.05) is 60.7 Å². The molecular formula is C17H20OSi. The Hall–Kier alpha value is -1.64. The van der Waals surface area contributed by atoms with Crippen LogP contribution in [0.25, 0.3) is 0 Å². The van der Waals surface area contributed by atoms with Crippen molar-refractivity contribution in [3.63, 3.8) is 0 Å². The fourth-order valence-corrected chi connectivity index (χ4v) is 5.18. The van der Waals surface area contributed by atoms with Crippen molar-refractivity contribution in [1.29, 1.82) is 0 Å². The molecule has 2 aromatic rings. The molecule has 0 aliphatic carbocycles. The largest absolute Gasteiger partial charge is 0.424 e. The predicted molar refractivity (Wildman–Crippen MR) is 84.4 cm³/mol. The third kappa shape index (κ3) is 3.22. The lowest BCUT2D eigenvalue weighted by molar-refractivity contribution is 0.570. The number of allylic oxidation sites excluding steroid dienone is 2. The van der Waals surface area contributed by atoms with E-state index in [-0.39, 0.29) is 0 Å². The second-order valence-electron chi connectivity index (χ2n) is 5.08. The minimum Gasteiger partial charge on any atom is -0.424 e. The summed E-state index contributed by atoms with van der Waals surface area (Å²) in [5, 5.41) is 2.14. The van der Waals surface area contributed by atoms with Crippen molar-refractivity contribution in [1.82, 2.24) is 0 Å². The van der Waals surface area contributed by atoms with Crippen molar-refractivity contribution < 1.29 is 4.80 Å². The highest BCUT2D eigenvalue weighted by Crippen LogP contribution is 2.10. The summed E-state index contributed by atoms with van der Waals surface area (Å²) >= 11 is 0. The molecule has 0 radical (unpaired) electrons. The van der Waals surface area contributed by atoms with Gasteiger partial charge in [-0.3, -0.25) is 0 Å². The fourth-order valence-electron chi connectivity index (χ4n) is 2.18. The second kappa shape index (κ2) is 6.00. The van der Waals surface area contributed by atoms with Crippen molar-refractivity contribution in [2.24, 2.45) is 0 Å². The Kier molecular flexibility index (Phi) is 4.35. The first-order valence-electron chi connectivity index (χ1n) is 6.60. The molecule has 0 aromatic heterocycles. The minimum atomic E-state index is -2.64. The van der Waals surface area contributed by atoms with Crippen LogP contribution in [0.2, 0.25) is 6.04 Å². The number of hydrogen-bond acceptors (Lipinski definition) is 1. The fraction of sp³-hybridized carbons (Fsp3) is 0.176. The summed E-state index contributed by atoms with van der Waals surface area (Å²) in [4.78, 5) is 11.3. The third-order valence-corrected chi connectivity index (χ3v) is 6.68. The van der Waals surface area contributed by atoms with Crippen LogP contribution in [0.5, 0.6) is 0 Å². The second-order valence-corrected chi connectivity index (χ2v) is 8.36. The summed E-state index contributed by atoms with van der Waals surface area (Å²) in [6.45, 7) is 4.15. The van der Waals surface area contributed by atoms with Gasteiger partial charge in [-0.25, -0.2) is 0 Å². The molecule has 0 fully saturated rings. The van der Waals surface area contributed by atoms with Gasteiger partial charge in [0.05, 0.1) is 0 Å². The van der Waals surface area contributed by atoms with Crippen LogP contribution in [0.4, 0.5) is 0 Å². The maximum atomic E-state index is 11.3. The normalized spacial score (nSPS) is 11.1. The summed E-state index contributed by atoms with van der Waals surface area (Å²) in [5.41, 5.74) is 1.25. The number of rotatable bonds is 4. The first-order valence-corrected chi connectivity index (χ1v) is 8.75. The van der Waals surface area contributed by atoms with Crippen LogP contribution in [0.1, 0.15) is 13.8 Å². The molecule has 0 atom stereocenters. The van der Waals surface area contributed by atoms with Crippen LogP contribution in [-0.4, -0.2) is 13.1 Å². The van der Waals surface area contributed by atoms with Gasteiger partial charge < -0.3 is 4.80 Å². The summed E-state index contributed by atoms with van der Waals surface area (Å²) in [5.74, 6) is 0. The molecule has 0 bridgehead atoms. The molecule has 1 nitrogen and oxygen atoms in total. The van der Waals surface area contributed by atoms with Crippen molar-refractivity contribution >= 4 is 18.7 Å². The molecule has 0 amide bonds. The first-order chi connectivity index (χ1) is 9.13. The van der Waals surface area contributed by atoms with E-state index in [9.17, 15) is 4.80 Å². The van der Waals surface area contributed by atoms with E-state index >= 15 is 0 Å². The Bertz CT molecular complexity index is 502. The average Bonchev–Trinajstić information content (AvgIpc) is 2.46. The van der Waals surface area contributed by atoms with Crippen molar-refractivity contribution in [3.8, 4) is 0 Å². The maximum absolute atomic E-state index is 11.3. The Morgan fingerprint density at radius 3 is 1.68 bits per heavy atom. The average molecular weight is 268 g/mol. The zero-order valence-electron chi connectivity index (χ0n) is 11.5. The molecule has 2 rings (SSSR count). The van der Waals surface area contributed by atoms with Gasteiger partial charge in [-0.05, 0) is 30.3 Å². The standard InChI is InChI=1S/C17H20OSi/c1-15(2)13-14-19(18,16-9-5-3-6-10-16)17-11-7-4-8-12-17/h3-13,18H,14H2,1-2H3. The van der Waals surface area contributed by atoms with E-state index in [1.165, 1.54) is 5.57 Å². The molecular weight excluding hydrogens is 248 g/mol. The molecule has 0 aliphatic heterocycles. The van der Waals surface area contributed by atoms with E-state index in [1.54, 1.807) is 0 Å². The summed E-state index contributed by atoms with van der Waals surface area (Å²) in [6.07, 6.45) is 2.15. The molecule has 0 unspecified atom stereocenters. The van der Waals surface area contributed by atoms with E-state index in [0.717, 1.165) is 16.4 Å². The molecule has 1 N–H and O–H groups in total. The molecule has 0 heterocycles. The number of hydrogen-bond donors (Lipinski definition) is 1. The third-order valence-electron chi connectivity index (χ3n) is 3.31.